The molecule has 57 heavy (non-hydrogen) atoms. The molecular weight excluding hydrogens is 747 g/mol. The molecule has 5 amide bonds. The highest BCUT2D eigenvalue weighted by Crippen LogP contribution is 2.39. The number of nitrogens with one attached hydrogen (secondary N) is 2. The number of carbonyl (C=O) groups excluding carboxylic acids is 4. The fourth-order valence-electron chi connectivity index (χ4n) is 7.65. The van der Waals surface area contributed by atoms with Crippen LogP contribution in [0.15, 0.2) is 66.9 Å². The van der Waals surface area contributed by atoms with Gasteiger partial charge in [-0.15, -0.1) is 0 Å². The summed E-state index contributed by atoms with van der Waals surface area (Å²) < 4.78 is 63.6. The molecule has 3 saturated heterocycles. The molecule has 4 aliphatic heterocycles. The van der Waals surface area contributed by atoms with Gasteiger partial charge in [0.15, 0.2) is 0 Å². The van der Waals surface area contributed by atoms with E-state index >= 15 is 8.78 Å². The van der Waals surface area contributed by atoms with Gasteiger partial charge in [-0.1, -0.05) is 30.3 Å². The monoisotopic (exact) mass is 793 g/mol. The van der Waals surface area contributed by atoms with Crippen molar-refractivity contribution in [3.05, 3.63) is 89.9 Å². The van der Waals surface area contributed by atoms with Gasteiger partial charge in [0.1, 0.15) is 29.7 Å². The van der Waals surface area contributed by atoms with Gasteiger partial charge < -0.3 is 39.2 Å². The number of hydrogen-bond acceptors (Lipinski definition) is 9. The summed E-state index contributed by atoms with van der Waals surface area (Å²) in [5.74, 6) is -2.27. The summed E-state index contributed by atoms with van der Waals surface area (Å²) in [5.41, 5.74) is 1.11. The van der Waals surface area contributed by atoms with Crippen molar-refractivity contribution in [3.8, 4) is 11.3 Å². The zero-order valence-corrected chi connectivity index (χ0v) is 31.4. The zero-order chi connectivity index (χ0) is 39.9. The van der Waals surface area contributed by atoms with E-state index < -0.39 is 53.8 Å². The topological polar surface area (TPSA) is 148 Å². The van der Waals surface area contributed by atoms with Gasteiger partial charge >= 0.3 is 12.1 Å². The van der Waals surface area contributed by atoms with Crippen molar-refractivity contribution in [3.63, 3.8) is 0 Å². The van der Waals surface area contributed by atoms with Crippen LogP contribution in [0.4, 0.5) is 22.8 Å². The number of nitrogens with zero attached hydrogens (tertiary/aromatic N) is 5. The van der Waals surface area contributed by atoms with Gasteiger partial charge in [-0.05, 0) is 42.5 Å². The Morgan fingerprint density at radius 1 is 1.02 bits per heavy atom. The largest absolute Gasteiger partial charge is 0.442 e. The molecular formula is C40H46F3N7O7. The molecule has 1 aromatic heterocycles. The third-order valence-electron chi connectivity index (χ3n) is 10.7. The smallest absolute Gasteiger partial charge is 0.407 e. The molecule has 14 nitrogen and oxygen atoms in total. The highest BCUT2D eigenvalue weighted by atomic mass is 19.1. The lowest BCUT2D eigenvalue weighted by Gasteiger charge is -2.45. The number of urea groups is 1. The van der Waals surface area contributed by atoms with Crippen LogP contribution < -0.4 is 10.6 Å². The van der Waals surface area contributed by atoms with Gasteiger partial charge in [-0.25, -0.2) is 27.7 Å². The van der Waals surface area contributed by atoms with Crippen molar-refractivity contribution in [2.75, 3.05) is 72.2 Å². The lowest BCUT2D eigenvalue weighted by Crippen LogP contribution is -2.61. The molecule has 2 N–H and O–H groups in total. The molecule has 304 valence electrons. The Balaban J connectivity index is 1.08. The first kappa shape index (κ1) is 40.0. The van der Waals surface area contributed by atoms with Crippen molar-refractivity contribution < 1.29 is 46.6 Å². The number of rotatable bonds is 15. The van der Waals surface area contributed by atoms with E-state index in [4.69, 9.17) is 19.2 Å². The summed E-state index contributed by atoms with van der Waals surface area (Å²) in [6.45, 7) is 2.46. The lowest BCUT2D eigenvalue weighted by atomic mass is 9.89. The van der Waals surface area contributed by atoms with Crippen molar-refractivity contribution in [1.29, 1.82) is 0 Å². The number of benzene rings is 2. The van der Waals surface area contributed by atoms with Crippen LogP contribution in [-0.4, -0.2) is 133 Å². The molecule has 0 unspecified atom stereocenters. The lowest BCUT2D eigenvalue weighted by molar-refractivity contribution is -0.137. The summed E-state index contributed by atoms with van der Waals surface area (Å²) >= 11 is 0. The number of imide groups is 1. The van der Waals surface area contributed by atoms with E-state index in [0.29, 0.717) is 45.0 Å². The van der Waals surface area contributed by atoms with E-state index in [9.17, 15) is 23.6 Å². The van der Waals surface area contributed by atoms with Crippen LogP contribution in [0.5, 0.6) is 0 Å². The molecule has 3 aromatic rings. The second-order valence-electron chi connectivity index (χ2n) is 14.6. The number of halogens is 3. The Hall–Kier alpha value is -5.26. The number of amides is 5. The van der Waals surface area contributed by atoms with E-state index in [2.05, 4.69) is 10.6 Å². The van der Waals surface area contributed by atoms with Gasteiger partial charge in [0.25, 0.3) is 11.8 Å². The summed E-state index contributed by atoms with van der Waals surface area (Å²) in [6, 6.07) is 11.7. The molecule has 3 atom stereocenters. The van der Waals surface area contributed by atoms with Gasteiger partial charge in [0, 0.05) is 75.8 Å². The minimum atomic E-state index is -1.20. The second-order valence-corrected chi connectivity index (χ2v) is 14.6. The van der Waals surface area contributed by atoms with Crippen LogP contribution in [0.3, 0.4) is 0 Å². The minimum Gasteiger partial charge on any atom is -0.442 e. The summed E-state index contributed by atoms with van der Waals surface area (Å²) in [7, 11) is 0. The highest BCUT2D eigenvalue weighted by Gasteiger charge is 2.44. The summed E-state index contributed by atoms with van der Waals surface area (Å²) in [4.78, 5) is 59.8. The SMILES string of the molecule is O=C(NCCOCCN1C(=O)C=CC1=O)OC1CN(C(=O)N(C[C@@H]2CNC[C@@H]2F)[C@@H](c2nc(-c3cc(F)ccc3F)cn2Cc2ccccc2)C2CCOCC2)C1. The first-order chi connectivity index (χ1) is 27.6. The molecule has 5 heterocycles. The predicted octanol–water partition coefficient (Wildman–Crippen LogP) is 3.68. The summed E-state index contributed by atoms with van der Waals surface area (Å²) in [5, 5.41) is 5.68. The number of carbonyl (C=O) groups is 4. The van der Waals surface area contributed by atoms with Crippen LogP contribution >= 0.6 is 0 Å². The van der Waals surface area contributed by atoms with Crippen LogP contribution in [0.25, 0.3) is 11.3 Å². The fraction of sp³-hybridized carbons (Fsp3) is 0.475. The number of alkyl carbamates (subject to hydrolysis) is 1. The number of alkyl halides is 1. The maximum Gasteiger partial charge on any atom is 0.407 e. The number of likely N-dealkylation sites (tertiary alicyclic amines) is 1. The van der Waals surface area contributed by atoms with Crippen LogP contribution in [0.1, 0.15) is 30.3 Å². The molecule has 3 fully saturated rings. The second kappa shape index (κ2) is 18.3. The Morgan fingerprint density at radius 3 is 2.49 bits per heavy atom. The van der Waals surface area contributed by atoms with Crippen molar-refractivity contribution in [1.82, 2.24) is 34.9 Å². The standard InChI is InChI=1S/C40H46F3N7O7/c41-29-6-7-32(42)31(18-29)34-25-47(21-26-4-2-1-3-5-26)38(46-34)37(27-10-14-55-15-11-27)50(22-28-19-44-20-33(28)43)40(54)48-23-30(24-48)57-39(53)45-12-16-56-17-13-49-35(51)8-9-36(49)52/h1-9,18,25,27-28,30,33,37,44H,10-17,19-24H2,(H,45,53)/t28-,33-,37+/m0/s1. The molecule has 0 spiro atoms. The van der Waals surface area contributed by atoms with E-state index in [-0.39, 0.29) is 75.7 Å². The predicted molar refractivity (Wildman–Crippen MR) is 199 cm³/mol. The zero-order valence-electron chi connectivity index (χ0n) is 31.4. The van der Waals surface area contributed by atoms with Gasteiger partial charge in [0.2, 0.25) is 0 Å². The molecule has 17 heteroatoms. The molecule has 0 saturated carbocycles. The Kier molecular flexibility index (Phi) is 12.9. The molecule has 4 aliphatic rings. The Morgan fingerprint density at radius 2 is 1.77 bits per heavy atom. The Bertz CT molecular complexity index is 1920. The van der Waals surface area contributed by atoms with Gasteiger partial charge in [-0.3, -0.25) is 14.5 Å². The van der Waals surface area contributed by atoms with Crippen LogP contribution in [-0.2, 0) is 30.3 Å². The van der Waals surface area contributed by atoms with Crippen LogP contribution in [0, 0.1) is 23.5 Å². The average Bonchev–Trinajstić information content (AvgIpc) is 3.89. The van der Waals surface area contributed by atoms with Crippen molar-refractivity contribution in [2.45, 2.75) is 37.7 Å². The molecule has 7 rings (SSSR count). The normalized spacial score (nSPS) is 20.5. The Labute approximate surface area is 327 Å². The average molecular weight is 794 g/mol. The van der Waals surface area contributed by atoms with E-state index in [1.807, 2.05) is 34.9 Å². The molecule has 2 aromatic carbocycles. The quantitative estimate of drug-likeness (QED) is 0.174. The highest BCUT2D eigenvalue weighted by molar-refractivity contribution is 6.12. The maximum atomic E-state index is 15.3. The fourth-order valence-corrected chi connectivity index (χ4v) is 7.65. The number of hydrogen-bond donors (Lipinski definition) is 2. The van der Waals surface area contributed by atoms with Crippen molar-refractivity contribution >= 4 is 23.9 Å². The minimum absolute atomic E-state index is 0.0179. The first-order valence-electron chi connectivity index (χ1n) is 19.2. The first-order valence-corrected chi connectivity index (χ1v) is 19.2. The number of imidazole rings is 1. The van der Waals surface area contributed by atoms with Gasteiger partial charge in [-0.2, -0.15) is 0 Å². The third kappa shape index (κ3) is 9.65. The third-order valence-corrected chi connectivity index (χ3v) is 10.7. The van der Waals surface area contributed by atoms with E-state index in [0.717, 1.165) is 28.7 Å². The maximum absolute atomic E-state index is 15.3. The van der Waals surface area contributed by atoms with Crippen molar-refractivity contribution in [2.24, 2.45) is 11.8 Å². The molecule has 0 aliphatic carbocycles. The van der Waals surface area contributed by atoms with Gasteiger partial charge in [0.05, 0.1) is 44.6 Å². The van der Waals surface area contributed by atoms with E-state index in [1.165, 1.54) is 12.2 Å². The molecule has 0 bridgehead atoms. The number of ether oxygens (including phenoxy) is 3. The molecule has 0 radical (unpaired) electrons. The van der Waals surface area contributed by atoms with E-state index in [1.54, 1.807) is 16.0 Å². The van der Waals surface area contributed by atoms with Crippen LogP contribution in [0.2, 0.25) is 0 Å². The number of aromatic nitrogens is 2. The summed E-state index contributed by atoms with van der Waals surface area (Å²) in [6.07, 6.45) is 2.75.